The number of benzene rings is 3. The number of nitrogens with one attached hydrogen (secondary N) is 1. The molecule has 3 aromatic carbocycles. The third kappa shape index (κ3) is 2.23. The molecule has 0 saturated heterocycles. The topological polar surface area (TPSA) is 89.9 Å². The Morgan fingerprint density at radius 2 is 1.41 bits per heavy atom. The average molecular weight is 386 g/mol. The van der Waals surface area contributed by atoms with Crippen LogP contribution in [0.25, 0.3) is 0 Å². The lowest BCUT2D eigenvalue weighted by Gasteiger charge is -2.29. The van der Waals surface area contributed by atoms with Crippen LogP contribution in [-0.4, -0.2) is 34.0 Å². The number of anilines is 1. The summed E-state index contributed by atoms with van der Waals surface area (Å²) in [7, 11) is 1.73. The van der Waals surface area contributed by atoms with Gasteiger partial charge in [0.1, 0.15) is 16.9 Å². The molecule has 0 radical (unpaired) electrons. The van der Waals surface area contributed by atoms with Gasteiger partial charge in [-0.3, -0.25) is 9.59 Å². The minimum Gasteiger partial charge on any atom is -0.508 e. The highest BCUT2D eigenvalue weighted by Gasteiger charge is 2.51. The van der Waals surface area contributed by atoms with Gasteiger partial charge in [0.15, 0.2) is 0 Å². The maximum absolute atomic E-state index is 13.6. The van der Waals surface area contributed by atoms with E-state index in [1.807, 2.05) is 6.07 Å². The Morgan fingerprint density at radius 1 is 0.862 bits per heavy atom. The molecule has 3 aromatic rings. The first kappa shape index (κ1) is 17.3. The lowest BCUT2D eigenvalue weighted by Crippen LogP contribution is -2.36. The van der Waals surface area contributed by atoms with Crippen molar-refractivity contribution < 1.29 is 19.8 Å². The van der Waals surface area contributed by atoms with Gasteiger partial charge >= 0.3 is 0 Å². The summed E-state index contributed by atoms with van der Waals surface area (Å²) >= 11 is 0. The highest BCUT2D eigenvalue weighted by atomic mass is 16.3. The summed E-state index contributed by atoms with van der Waals surface area (Å²) in [4.78, 5) is 27.6. The average Bonchev–Trinajstić information content (AvgIpc) is 3.17. The molecule has 2 amide bonds. The molecule has 0 unspecified atom stereocenters. The van der Waals surface area contributed by atoms with Crippen LogP contribution in [0.2, 0.25) is 0 Å². The number of rotatable bonds is 2. The SMILES string of the molecule is CN1Cc2c(ccc3c2NC(=O)C3(c2ccc(O)cc2)c2ccc(O)cc2)C1=O. The quantitative estimate of drug-likeness (QED) is 0.632. The first-order valence-corrected chi connectivity index (χ1v) is 9.25. The molecule has 2 heterocycles. The number of fused-ring (bicyclic) bond motifs is 3. The van der Waals surface area contributed by atoms with E-state index >= 15 is 0 Å². The molecule has 0 bridgehead atoms. The first-order valence-electron chi connectivity index (χ1n) is 9.25. The van der Waals surface area contributed by atoms with Gasteiger partial charge < -0.3 is 20.4 Å². The molecule has 0 fully saturated rings. The summed E-state index contributed by atoms with van der Waals surface area (Å²) in [5.41, 5.74) is 3.04. The van der Waals surface area contributed by atoms with E-state index in [4.69, 9.17) is 0 Å². The third-order valence-electron chi connectivity index (χ3n) is 5.87. The van der Waals surface area contributed by atoms with E-state index in [-0.39, 0.29) is 23.3 Å². The fourth-order valence-electron chi connectivity index (χ4n) is 4.47. The Kier molecular flexibility index (Phi) is 3.49. The molecule has 2 aliphatic heterocycles. The molecule has 0 spiro atoms. The Morgan fingerprint density at radius 3 is 1.97 bits per heavy atom. The van der Waals surface area contributed by atoms with E-state index in [9.17, 15) is 19.8 Å². The summed E-state index contributed by atoms with van der Waals surface area (Å²) in [6, 6.07) is 16.7. The molecule has 6 heteroatoms. The van der Waals surface area contributed by atoms with Crippen LogP contribution in [0.3, 0.4) is 0 Å². The predicted octanol–water partition coefficient (Wildman–Crippen LogP) is 2.97. The molecule has 0 aliphatic carbocycles. The number of hydrogen-bond acceptors (Lipinski definition) is 4. The summed E-state index contributed by atoms with van der Waals surface area (Å²) in [6.07, 6.45) is 0. The number of nitrogens with zero attached hydrogens (tertiary/aromatic N) is 1. The van der Waals surface area contributed by atoms with Crippen LogP contribution in [0.5, 0.6) is 11.5 Å². The number of carbonyl (C=O) groups excluding carboxylic acids is 2. The van der Waals surface area contributed by atoms with E-state index < -0.39 is 5.41 Å². The second-order valence-corrected chi connectivity index (χ2v) is 7.47. The first-order chi connectivity index (χ1) is 13.9. The summed E-state index contributed by atoms with van der Waals surface area (Å²) in [6.45, 7) is 0.429. The van der Waals surface area contributed by atoms with Crippen molar-refractivity contribution in [2.75, 3.05) is 12.4 Å². The van der Waals surface area contributed by atoms with Crippen molar-refractivity contribution in [2.24, 2.45) is 0 Å². The van der Waals surface area contributed by atoms with E-state index in [0.29, 0.717) is 28.9 Å². The van der Waals surface area contributed by atoms with Crippen LogP contribution in [0.4, 0.5) is 5.69 Å². The van der Waals surface area contributed by atoms with Gasteiger partial charge in [-0.15, -0.1) is 0 Å². The molecular formula is C23H18N2O4. The fraction of sp³-hybridized carbons (Fsp3) is 0.130. The Hall–Kier alpha value is -3.80. The molecule has 2 aliphatic rings. The second kappa shape index (κ2) is 5.85. The summed E-state index contributed by atoms with van der Waals surface area (Å²) < 4.78 is 0. The Bertz CT molecular complexity index is 1120. The number of amides is 2. The van der Waals surface area contributed by atoms with Crippen molar-refractivity contribution in [3.05, 3.63) is 88.5 Å². The molecule has 0 saturated carbocycles. The van der Waals surface area contributed by atoms with Crippen molar-refractivity contribution in [1.29, 1.82) is 0 Å². The van der Waals surface area contributed by atoms with Gasteiger partial charge in [-0.05, 0) is 41.5 Å². The van der Waals surface area contributed by atoms with Gasteiger partial charge in [0.25, 0.3) is 5.91 Å². The van der Waals surface area contributed by atoms with E-state index in [1.54, 1.807) is 66.5 Å². The van der Waals surface area contributed by atoms with Gasteiger partial charge in [0.2, 0.25) is 5.91 Å². The molecule has 144 valence electrons. The van der Waals surface area contributed by atoms with Crippen LogP contribution in [-0.2, 0) is 16.8 Å². The Labute approximate surface area is 167 Å². The van der Waals surface area contributed by atoms with Crippen LogP contribution in [0.15, 0.2) is 60.7 Å². The molecule has 0 atom stereocenters. The molecular weight excluding hydrogens is 368 g/mol. The number of aromatic hydroxyl groups is 2. The zero-order chi connectivity index (χ0) is 20.3. The smallest absolute Gasteiger partial charge is 0.254 e. The number of phenolic OH excluding ortho intramolecular Hbond substituents is 2. The van der Waals surface area contributed by atoms with Crippen LogP contribution >= 0.6 is 0 Å². The minimum atomic E-state index is -1.16. The Balaban J connectivity index is 1.83. The monoisotopic (exact) mass is 386 g/mol. The van der Waals surface area contributed by atoms with E-state index in [0.717, 1.165) is 11.1 Å². The van der Waals surface area contributed by atoms with Crippen molar-refractivity contribution >= 4 is 17.5 Å². The van der Waals surface area contributed by atoms with Crippen LogP contribution in [0, 0.1) is 0 Å². The van der Waals surface area contributed by atoms with Gasteiger partial charge in [0, 0.05) is 30.3 Å². The standard InChI is InChI=1S/C23H18N2O4/c1-25-12-18-17(21(25)28)10-11-19-20(18)24-22(29)23(19,13-2-6-15(26)7-3-13)14-4-8-16(27)9-5-14/h2-11,26-27H,12H2,1H3,(H,24,29). The maximum Gasteiger partial charge on any atom is 0.254 e. The molecule has 5 rings (SSSR count). The van der Waals surface area contributed by atoms with E-state index in [2.05, 4.69) is 5.32 Å². The van der Waals surface area contributed by atoms with Crippen molar-refractivity contribution in [2.45, 2.75) is 12.0 Å². The fourth-order valence-corrected chi connectivity index (χ4v) is 4.47. The highest BCUT2D eigenvalue weighted by molar-refractivity contribution is 6.14. The lowest BCUT2D eigenvalue weighted by atomic mass is 9.70. The number of carbonyl (C=O) groups is 2. The molecule has 29 heavy (non-hydrogen) atoms. The van der Waals surface area contributed by atoms with Gasteiger partial charge in [0.05, 0.1) is 5.69 Å². The van der Waals surface area contributed by atoms with Gasteiger partial charge in [-0.2, -0.15) is 0 Å². The molecule has 3 N–H and O–H groups in total. The minimum absolute atomic E-state index is 0.0659. The van der Waals surface area contributed by atoms with Gasteiger partial charge in [-0.1, -0.05) is 30.3 Å². The van der Waals surface area contributed by atoms with Crippen molar-refractivity contribution in [3.63, 3.8) is 0 Å². The lowest BCUT2D eigenvalue weighted by molar-refractivity contribution is -0.118. The molecule has 6 nitrogen and oxygen atoms in total. The van der Waals surface area contributed by atoms with Crippen LogP contribution in [0.1, 0.15) is 32.6 Å². The normalized spacial score (nSPS) is 16.5. The van der Waals surface area contributed by atoms with Crippen LogP contribution < -0.4 is 5.32 Å². The van der Waals surface area contributed by atoms with Gasteiger partial charge in [-0.25, -0.2) is 0 Å². The van der Waals surface area contributed by atoms with Crippen molar-refractivity contribution in [1.82, 2.24) is 4.90 Å². The maximum atomic E-state index is 13.6. The summed E-state index contributed by atoms with van der Waals surface area (Å²) in [5, 5.41) is 22.5. The second-order valence-electron chi connectivity index (χ2n) is 7.47. The number of hydrogen-bond donors (Lipinski definition) is 3. The van der Waals surface area contributed by atoms with E-state index in [1.165, 1.54) is 0 Å². The zero-order valence-electron chi connectivity index (χ0n) is 15.6. The zero-order valence-corrected chi connectivity index (χ0v) is 15.6. The number of phenols is 2. The third-order valence-corrected chi connectivity index (χ3v) is 5.87. The highest BCUT2D eigenvalue weighted by Crippen LogP contribution is 2.50. The predicted molar refractivity (Wildman–Crippen MR) is 107 cm³/mol. The molecule has 0 aromatic heterocycles. The summed E-state index contributed by atoms with van der Waals surface area (Å²) in [5.74, 6) is -0.0908. The van der Waals surface area contributed by atoms with Crippen molar-refractivity contribution in [3.8, 4) is 11.5 Å². The largest absolute Gasteiger partial charge is 0.508 e.